The first-order valence-electron chi connectivity index (χ1n) is 6.17. The number of carboxylic acids is 1. The standard InChI is InChI=1S/C12H22N2O3/c1-4-10(6-11(15)16)13-12(17)14(3)7-9-5-8(9)2/h8-10H,4-7H2,1-3H3,(H,13,17)(H,15,16). The summed E-state index contributed by atoms with van der Waals surface area (Å²) in [5.41, 5.74) is 0. The molecule has 0 aliphatic heterocycles. The van der Waals surface area contributed by atoms with Gasteiger partial charge in [-0.2, -0.15) is 0 Å². The highest BCUT2D eigenvalue weighted by Crippen LogP contribution is 2.37. The molecule has 1 aliphatic carbocycles. The van der Waals surface area contributed by atoms with Crippen molar-refractivity contribution in [3.8, 4) is 0 Å². The van der Waals surface area contributed by atoms with Gasteiger partial charge >= 0.3 is 12.0 Å². The lowest BCUT2D eigenvalue weighted by molar-refractivity contribution is -0.137. The Labute approximate surface area is 102 Å². The van der Waals surface area contributed by atoms with Crippen LogP contribution in [-0.4, -0.2) is 41.6 Å². The van der Waals surface area contributed by atoms with Gasteiger partial charge in [0.25, 0.3) is 0 Å². The third kappa shape index (κ3) is 4.63. The normalized spacial score (nSPS) is 23.9. The summed E-state index contributed by atoms with van der Waals surface area (Å²) in [5.74, 6) is 0.451. The number of hydrogen-bond acceptors (Lipinski definition) is 2. The van der Waals surface area contributed by atoms with Gasteiger partial charge in [0.1, 0.15) is 0 Å². The second-order valence-corrected chi connectivity index (χ2v) is 5.01. The van der Waals surface area contributed by atoms with Crippen molar-refractivity contribution in [2.45, 2.75) is 39.2 Å². The van der Waals surface area contributed by atoms with E-state index in [1.54, 1.807) is 11.9 Å². The van der Waals surface area contributed by atoms with Crippen LogP contribution >= 0.6 is 0 Å². The lowest BCUT2D eigenvalue weighted by Gasteiger charge is -2.22. The SMILES string of the molecule is CCC(CC(=O)O)NC(=O)N(C)CC1CC1C. The molecule has 0 aromatic carbocycles. The average Bonchev–Trinajstić information content (AvgIpc) is 2.92. The van der Waals surface area contributed by atoms with E-state index in [4.69, 9.17) is 5.11 Å². The molecule has 2 N–H and O–H groups in total. The maximum atomic E-state index is 11.8. The van der Waals surface area contributed by atoms with Gasteiger partial charge in [-0.3, -0.25) is 4.79 Å². The number of nitrogens with zero attached hydrogens (tertiary/aromatic N) is 1. The van der Waals surface area contributed by atoms with Crippen molar-refractivity contribution in [2.24, 2.45) is 11.8 Å². The molecule has 0 bridgehead atoms. The Morgan fingerprint density at radius 3 is 2.53 bits per heavy atom. The second-order valence-electron chi connectivity index (χ2n) is 5.01. The molecule has 1 aliphatic rings. The van der Waals surface area contributed by atoms with E-state index in [-0.39, 0.29) is 18.5 Å². The first-order valence-corrected chi connectivity index (χ1v) is 6.17. The quantitative estimate of drug-likeness (QED) is 0.742. The summed E-state index contributed by atoms with van der Waals surface area (Å²) < 4.78 is 0. The van der Waals surface area contributed by atoms with Crippen molar-refractivity contribution >= 4 is 12.0 Å². The average molecular weight is 242 g/mol. The van der Waals surface area contributed by atoms with E-state index < -0.39 is 5.97 Å². The topological polar surface area (TPSA) is 69.6 Å². The number of carboxylic acid groups (broad SMARTS) is 1. The summed E-state index contributed by atoms with van der Waals surface area (Å²) in [4.78, 5) is 24.0. The van der Waals surface area contributed by atoms with Gasteiger partial charge in [-0.1, -0.05) is 13.8 Å². The monoisotopic (exact) mass is 242 g/mol. The predicted octanol–water partition coefficient (Wildman–Crippen LogP) is 1.54. The summed E-state index contributed by atoms with van der Waals surface area (Å²) in [7, 11) is 1.76. The van der Waals surface area contributed by atoms with Gasteiger partial charge in [-0.05, 0) is 24.7 Å². The molecule has 0 saturated heterocycles. The molecule has 98 valence electrons. The number of amides is 2. The van der Waals surface area contributed by atoms with Gasteiger partial charge in [0.2, 0.25) is 0 Å². The fourth-order valence-electron chi connectivity index (χ4n) is 1.88. The van der Waals surface area contributed by atoms with Crippen molar-refractivity contribution in [3.05, 3.63) is 0 Å². The van der Waals surface area contributed by atoms with E-state index in [1.807, 2.05) is 6.92 Å². The van der Waals surface area contributed by atoms with E-state index in [0.29, 0.717) is 18.3 Å². The zero-order chi connectivity index (χ0) is 13.0. The van der Waals surface area contributed by atoms with Crippen molar-refractivity contribution in [2.75, 3.05) is 13.6 Å². The third-order valence-corrected chi connectivity index (χ3v) is 3.37. The number of carbonyl (C=O) groups is 2. The predicted molar refractivity (Wildman–Crippen MR) is 64.8 cm³/mol. The maximum Gasteiger partial charge on any atom is 0.317 e. The van der Waals surface area contributed by atoms with Crippen LogP contribution in [0, 0.1) is 11.8 Å². The van der Waals surface area contributed by atoms with Crippen LogP contribution in [0.1, 0.15) is 33.1 Å². The Morgan fingerprint density at radius 1 is 1.53 bits per heavy atom. The molecule has 17 heavy (non-hydrogen) atoms. The summed E-state index contributed by atoms with van der Waals surface area (Å²) >= 11 is 0. The van der Waals surface area contributed by atoms with Crippen molar-refractivity contribution in [3.63, 3.8) is 0 Å². The summed E-state index contributed by atoms with van der Waals surface area (Å²) in [6, 6.07) is -0.448. The zero-order valence-electron chi connectivity index (χ0n) is 10.8. The Kier molecular flexibility index (Phi) is 4.78. The molecule has 2 amide bonds. The Balaban J connectivity index is 2.32. The van der Waals surface area contributed by atoms with Crippen LogP contribution in [0.2, 0.25) is 0 Å². The molecule has 0 heterocycles. The Hall–Kier alpha value is -1.26. The van der Waals surface area contributed by atoms with Crippen molar-refractivity contribution < 1.29 is 14.7 Å². The van der Waals surface area contributed by atoms with Gasteiger partial charge in [0.05, 0.1) is 6.42 Å². The number of hydrogen-bond donors (Lipinski definition) is 2. The molecule has 0 aromatic rings. The molecule has 3 atom stereocenters. The van der Waals surface area contributed by atoms with Crippen LogP contribution in [0.3, 0.4) is 0 Å². The van der Waals surface area contributed by atoms with Gasteiger partial charge in [0.15, 0.2) is 0 Å². The number of nitrogens with one attached hydrogen (secondary N) is 1. The van der Waals surface area contributed by atoms with E-state index in [9.17, 15) is 9.59 Å². The third-order valence-electron chi connectivity index (χ3n) is 3.37. The highest BCUT2D eigenvalue weighted by molar-refractivity contribution is 5.75. The molecule has 0 spiro atoms. The lowest BCUT2D eigenvalue weighted by atomic mass is 10.1. The molecule has 5 nitrogen and oxygen atoms in total. The molecular weight excluding hydrogens is 220 g/mol. The molecule has 1 rings (SSSR count). The summed E-state index contributed by atoms with van der Waals surface area (Å²) in [6.45, 7) is 4.81. The largest absolute Gasteiger partial charge is 0.481 e. The number of urea groups is 1. The van der Waals surface area contributed by atoms with Crippen LogP contribution in [0.25, 0.3) is 0 Å². The van der Waals surface area contributed by atoms with Gasteiger partial charge in [-0.15, -0.1) is 0 Å². The summed E-state index contributed by atoms with van der Waals surface area (Å²) in [6.07, 6.45) is 1.80. The van der Waals surface area contributed by atoms with Gasteiger partial charge < -0.3 is 15.3 Å². The fraction of sp³-hybridized carbons (Fsp3) is 0.833. The Bertz CT molecular complexity index is 293. The van der Waals surface area contributed by atoms with Crippen LogP contribution in [0.15, 0.2) is 0 Å². The van der Waals surface area contributed by atoms with E-state index in [2.05, 4.69) is 12.2 Å². The summed E-state index contributed by atoms with van der Waals surface area (Å²) in [5, 5.41) is 11.4. The number of rotatable bonds is 6. The van der Waals surface area contributed by atoms with Crippen LogP contribution in [-0.2, 0) is 4.79 Å². The molecule has 0 aromatic heterocycles. The van der Waals surface area contributed by atoms with Gasteiger partial charge in [-0.25, -0.2) is 4.79 Å². The second kappa shape index (κ2) is 5.89. The van der Waals surface area contributed by atoms with Crippen molar-refractivity contribution in [1.82, 2.24) is 10.2 Å². The minimum atomic E-state index is -0.879. The first kappa shape index (κ1) is 13.8. The molecular formula is C12H22N2O3. The zero-order valence-corrected chi connectivity index (χ0v) is 10.8. The molecule has 1 saturated carbocycles. The van der Waals surface area contributed by atoms with Crippen LogP contribution in [0.4, 0.5) is 4.79 Å². The van der Waals surface area contributed by atoms with Gasteiger partial charge in [0, 0.05) is 19.6 Å². The maximum absolute atomic E-state index is 11.8. The Morgan fingerprint density at radius 2 is 2.12 bits per heavy atom. The smallest absolute Gasteiger partial charge is 0.317 e. The van der Waals surface area contributed by atoms with Crippen molar-refractivity contribution in [1.29, 1.82) is 0 Å². The lowest BCUT2D eigenvalue weighted by Crippen LogP contribution is -2.44. The molecule has 1 fully saturated rings. The highest BCUT2D eigenvalue weighted by atomic mass is 16.4. The van der Waals surface area contributed by atoms with Crippen LogP contribution in [0.5, 0.6) is 0 Å². The number of carbonyl (C=O) groups excluding carboxylic acids is 1. The minimum absolute atomic E-state index is 0.0179. The highest BCUT2D eigenvalue weighted by Gasteiger charge is 2.34. The molecule has 0 radical (unpaired) electrons. The van der Waals surface area contributed by atoms with E-state index in [1.165, 1.54) is 6.42 Å². The molecule has 5 heteroatoms. The first-order chi connectivity index (χ1) is 7.93. The number of aliphatic carboxylic acids is 1. The minimum Gasteiger partial charge on any atom is -0.481 e. The fourth-order valence-corrected chi connectivity index (χ4v) is 1.88. The van der Waals surface area contributed by atoms with E-state index >= 15 is 0 Å². The van der Waals surface area contributed by atoms with Crippen LogP contribution < -0.4 is 5.32 Å². The molecule has 3 unspecified atom stereocenters. The van der Waals surface area contributed by atoms with E-state index in [0.717, 1.165) is 6.54 Å².